The van der Waals surface area contributed by atoms with Gasteiger partial charge in [-0.15, -0.1) is 0 Å². The number of aromatic nitrogens is 2. The van der Waals surface area contributed by atoms with Crippen LogP contribution in [0.2, 0.25) is 0 Å². The highest BCUT2D eigenvalue weighted by Gasteiger charge is 2.28. The molecule has 0 saturated carbocycles. The van der Waals surface area contributed by atoms with Gasteiger partial charge in [0.1, 0.15) is 12.3 Å². The summed E-state index contributed by atoms with van der Waals surface area (Å²) in [6, 6.07) is 20.7. The fourth-order valence-electron chi connectivity index (χ4n) is 4.24. The summed E-state index contributed by atoms with van der Waals surface area (Å²) in [6.45, 7) is 0.854. The first-order valence-corrected chi connectivity index (χ1v) is 10.5. The Morgan fingerprint density at radius 1 is 1.03 bits per heavy atom. The molecule has 2 aromatic carbocycles. The Balaban J connectivity index is 1.14. The average Bonchev–Trinajstić information content (AvgIpc) is 3.41. The summed E-state index contributed by atoms with van der Waals surface area (Å²) >= 11 is 0. The molecule has 2 N–H and O–H groups in total. The minimum atomic E-state index is -0.382. The Morgan fingerprint density at radius 3 is 2.55 bits per heavy atom. The molecule has 0 bridgehead atoms. The van der Waals surface area contributed by atoms with Gasteiger partial charge in [-0.1, -0.05) is 60.7 Å². The van der Waals surface area contributed by atoms with E-state index in [-0.39, 0.29) is 12.0 Å². The standard InChI is InChI=1S/C26H23N3O2/c30-26(29-14-6-5-7-18-12-15-27-25-19(18)13-16-28-25)31-17-24-22-10-3-1-8-20(22)21-9-2-4-11-23(21)24/h1-5,7-13,15-16,24H,6,14,17H2,(H,27,28)(H,29,30). The molecule has 5 nitrogen and oxygen atoms in total. The zero-order valence-corrected chi connectivity index (χ0v) is 17.0. The molecule has 0 spiro atoms. The fraction of sp³-hybridized carbons (Fsp3) is 0.154. The van der Waals surface area contributed by atoms with E-state index in [1.807, 2.05) is 48.7 Å². The monoisotopic (exact) mass is 409 g/mol. The first-order chi connectivity index (χ1) is 15.3. The molecule has 5 rings (SSSR count). The Bertz CT molecular complexity index is 1210. The Hall–Kier alpha value is -3.86. The number of benzene rings is 2. The number of rotatable bonds is 6. The van der Waals surface area contributed by atoms with E-state index in [2.05, 4.69) is 45.6 Å². The van der Waals surface area contributed by atoms with Crippen LogP contribution < -0.4 is 5.32 Å². The second kappa shape index (κ2) is 8.48. The molecule has 31 heavy (non-hydrogen) atoms. The highest BCUT2D eigenvalue weighted by molar-refractivity contribution is 5.85. The summed E-state index contributed by atoms with van der Waals surface area (Å²) in [7, 11) is 0. The lowest BCUT2D eigenvalue weighted by Crippen LogP contribution is -2.26. The zero-order valence-electron chi connectivity index (χ0n) is 17.0. The first kappa shape index (κ1) is 19.1. The highest BCUT2D eigenvalue weighted by Crippen LogP contribution is 2.44. The average molecular weight is 409 g/mol. The highest BCUT2D eigenvalue weighted by atomic mass is 16.5. The van der Waals surface area contributed by atoms with Crippen molar-refractivity contribution in [2.24, 2.45) is 0 Å². The van der Waals surface area contributed by atoms with E-state index < -0.39 is 0 Å². The molecule has 0 aliphatic heterocycles. The molecule has 0 saturated heterocycles. The van der Waals surface area contributed by atoms with Gasteiger partial charge in [0.05, 0.1) is 0 Å². The van der Waals surface area contributed by atoms with Gasteiger partial charge in [-0.25, -0.2) is 9.78 Å². The number of aromatic amines is 1. The van der Waals surface area contributed by atoms with Gasteiger partial charge in [-0.2, -0.15) is 0 Å². The number of carbonyl (C=O) groups excluding carboxylic acids is 1. The van der Waals surface area contributed by atoms with Crippen LogP contribution in [0.5, 0.6) is 0 Å². The molecule has 4 aromatic rings. The minimum Gasteiger partial charge on any atom is -0.449 e. The number of pyridine rings is 1. The van der Waals surface area contributed by atoms with Crippen molar-refractivity contribution in [1.82, 2.24) is 15.3 Å². The molecular formula is C26H23N3O2. The molecule has 1 amide bonds. The predicted molar refractivity (Wildman–Crippen MR) is 123 cm³/mol. The van der Waals surface area contributed by atoms with Crippen LogP contribution in [0.3, 0.4) is 0 Å². The van der Waals surface area contributed by atoms with Crippen molar-refractivity contribution in [3.63, 3.8) is 0 Å². The maximum absolute atomic E-state index is 12.2. The topological polar surface area (TPSA) is 67.0 Å². The normalized spacial score (nSPS) is 12.8. The SMILES string of the molecule is O=C(NCCC=Cc1ccnc2[nH]ccc12)OCC1c2ccccc2-c2ccccc21. The third kappa shape index (κ3) is 3.82. The van der Waals surface area contributed by atoms with Crippen molar-refractivity contribution >= 4 is 23.2 Å². The van der Waals surface area contributed by atoms with Crippen LogP contribution in [-0.4, -0.2) is 29.2 Å². The van der Waals surface area contributed by atoms with E-state index in [9.17, 15) is 4.79 Å². The van der Waals surface area contributed by atoms with Crippen LogP contribution in [0.4, 0.5) is 4.79 Å². The lowest BCUT2D eigenvalue weighted by Gasteiger charge is -2.14. The van der Waals surface area contributed by atoms with E-state index in [1.54, 1.807) is 6.20 Å². The molecule has 0 radical (unpaired) electrons. The summed E-state index contributed by atoms with van der Waals surface area (Å²) < 4.78 is 5.57. The van der Waals surface area contributed by atoms with Crippen LogP contribution in [0, 0.1) is 0 Å². The zero-order chi connectivity index (χ0) is 21.0. The van der Waals surface area contributed by atoms with Gasteiger partial charge in [0, 0.05) is 30.2 Å². The van der Waals surface area contributed by atoms with Crippen molar-refractivity contribution in [3.8, 4) is 11.1 Å². The van der Waals surface area contributed by atoms with Crippen LogP contribution >= 0.6 is 0 Å². The Labute approximate surface area is 180 Å². The van der Waals surface area contributed by atoms with Gasteiger partial charge in [0.2, 0.25) is 0 Å². The number of amides is 1. The number of carbonyl (C=O) groups is 1. The number of alkyl carbamates (subject to hydrolysis) is 1. The first-order valence-electron chi connectivity index (χ1n) is 10.5. The smallest absolute Gasteiger partial charge is 0.407 e. The van der Waals surface area contributed by atoms with Crippen molar-refractivity contribution in [2.45, 2.75) is 12.3 Å². The van der Waals surface area contributed by atoms with Crippen molar-refractivity contribution < 1.29 is 9.53 Å². The fourth-order valence-corrected chi connectivity index (χ4v) is 4.24. The molecule has 0 unspecified atom stereocenters. The van der Waals surface area contributed by atoms with Gasteiger partial charge in [0.25, 0.3) is 0 Å². The van der Waals surface area contributed by atoms with Gasteiger partial charge in [-0.05, 0) is 46.4 Å². The number of nitrogens with one attached hydrogen (secondary N) is 2. The third-order valence-electron chi connectivity index (χ3n) is 5.72. The van der Waals surface area contributed by atoms with Crippen LogP contribution in [0.15, 0.2) is 79.1 Å². The Kier molecular flexibility index (Phi) is 5.23. The second-order valence-electron chi connectivity index (χ2n) is 7.58. The molecule has 0 fully saturated rings. The van der Waals surface area contributed by atoms with Gasteiger partial charge >= 0.3 is 6.09 Å². The number of hydrogen-bond acceptors (Lipinski definition) is 3. The number of nitrogens with zero attached hydrogens (tertiary/aromatic N) is 1. The number of H-pyrrole nitrogens is 1. The van der Waals surface area contributed by atoms with Crippen molar-refractivity contribution in [3.05, 3.63) is 95.8 Å². The quantitative estimate of drug-likeness (QED) is 0.413. The maximum atomic E-state index is 12.2. The van der Waals surface area contributed by atoms with Gasteiger partial charge < -0.3 is 15.0 Å². The van der Waals surface area contributed by atoms with E-state index in [0.717, 1.165) is 23.0 Å². The minimum absolute atomic E-state index is 0.0773. The largest absolute Gasteiger partial charge is 0.449 e. The summed E-state index contributed by atoms with van der Waals surface area (Å²) in [6.07, 6.45) is 8.11. The molecule has 154 valence electrons. The summed E-state index contributed by atoms with van der Waals surface area (Å²) in [5.41, 5.74) is 6.86. The predicted octanol–water partition coefficient (Wildman–Crippen LogP) is 5.50. The molecule has 1 aliphatic carbocycles. The van der Waals surface area contributed by atoms with Gasteiger partial charge in [0.15, 0.2) is 0 Å². The molecular weight excluding hydrogens is 386 g/mol. The van der Waals surface area contributed by atoms with Crippen molar-refractivity contribution in [2.75, 3.05) is 13.2 Å². The van der Waals surface area contributed by atoms with E-state index >= 15 is 0 Å². The third-order valence-corrected chi connectivity index (χ3v) is 5.72. The molecule has 1 aliphatic rings. The molecule has 2 aromatic heterocycles. The van der Waals surface area contributed by atoms with E-state index in [4.69, 9.17) is 4.74 Å². The lowest BCUT2D eigenvalue weighted by atomic mass is 9.98. The number of hydrogen-bond donors (Lipinski definition) is 2. The molecule has 0 atom stereocenters. The molecule has 5 heteroatoms. The number of ether oxygens (including phenoxy) is 1. The lowest BCUT2D eigenvalue weighted by molar-refractivity contribution is 0.143. The Morgan fingerprint density at radius 2 is 1.77 bits per heavy atom. The molecule has 2 heterocycles. The van der Waals surface area contributed by atoms with Crippen molar-refractivity contribution in [1.29, 1.82) is 0 Å². The van der Waals surface area contributed by atoms with Crippen LogP contribution in [-0.2, 0) is 4.74 Å². The second-order valence-corrected chi connectivity index (χ2v) is 7.58. The number of fused-ring (bicyclic) bond motifs is 4. The maximum Gasteiger partial charge on any atom is 0.407 e. The summed E-state index contributed by atoms with van der Waals surface area (Å²) in [4.78, 5) is 19.6. The van der Waals surface area contributed by atoms with Crippen LogP contribution in [0.1, 0.15) is 29.0 Å². The van der Waals surface area contributed by atoms with E-state index in [0.29, 0.717) is 13.2 Å². The van der Waals surface area contributed by atoms with Crippen LogP contribution in [0.25, 0.3) is 28.2 Å². The summed E-state index contributed by atoms with van der Waals surface area (Å²) in [5.74, 6) is 0.0773. The van der Waals surface area contributed by atoms with E-state index in [1.165, 1.54) is 22.3 Å². The summed E-state index contributed by atoms with van der Waals surface area (Å²) in [5, 5.41) is 3.93. The van der Waals surface area contributed by atoms with Gasteiger partial charge in [-0.3, -0.25) is 0 Å².